The van der Waals surface area contributed by atoms with Gasteiger partial charge in [-0.05, 0) is 42.1 Å². The Morgan fingerprint density at radius 2 is 1.73 bits per heavy atom. The van der Waals surface area contributed by atoms with E-state index in [0.29, 0.717) is 12.6 Å². The third kappa shape index (κ3) is 10.6. The van der Waals surface area contributed by atoms with Crippen LogP contribution in [0, 0.1) is 0 Å². The number of anilines is 1. The summed E-state index contributed by atoms with van der Waals surface area (Å²) in [6.45, 7) is 6.58. The van der Waals surface area contributed by atoms with Gasteiger partial charge in [-0.15, -0.1) is 0 Å². The zero-order chi connectivity index (χ0) is 19.2. The first kappa shape index (κ1) is 21.9. The number of nitrogens with two attached hydrogens (primary N) is 1. The maximum Gasteiger partial charge on any atom is 0.250 e. The number of rotatable bonds is 8. The number of hydrogen-bond donors (Lipinski definition) is 2. The summed E-state index contributed by atoms with van der Waals surface area (Å²) >= 11 is 0. The third-order valence-corrected chi connectivity index (χ3v) is 3.37. The molecule has 0 unspecified atom stereocenters. The average molecular weight is 357 g/mol. The highest BCUT2D eigenvalue weighted by atomic mass is 16.5. The molecule has 2 rings (SSSR count). The molecule has 2 aromatic carbocycles. The van der Waals surface area contributed by atoms with Crippen molar-refractivity contribution < 1.29 is 9.53 Å². The molecule has 2 aromatic rings. The highest BCUT2D eigenvalue weighted by Gasteiger charge is 2.03. The van der Waals surface area contributed by atoms with Gasteiger partial charge >= 0.3 is 0 Å². The van der Waals surface area contributed by atoms with Crippen LogP contribution in [0.15, 0.2) is 54.6 Å². The van der Waals surface area contributed by atoms with Crippen molar-refractivity contribution in [3.8, 4) is 0 Å². The van der Waals surface area contributed by atoms with Crippen LogP contribution in [-0.2, 0) is 22.6 Å². The summed E-state index contributed by atoms with van der Waals surface area (Å²) < 4.78 is 5.44. The second-order valence-electron chi connectivity index (χ2n) is 6.57. The van der Waals surface area contributed by atoms with Crippen LogP contribution in [0.3, 0.4) is 0 Å². The van der Waals surface area contributed by atoms with Gasteiger partial charge < -0.3 is 15.8 Å². The molecule has 1 amide bonds. The van der Waals surface area contributed by atoms with Gasteiger partial charge in [0.15, 0.2) is 0 Å². The lowest BCUT2D eigenvalue weighted by atomic mass is 10.1. The van der Waals surface area contributed by atoms with E-state index in [2.05, 4.69) is 18.3 Å². The summed E-state index contributed by atoms with van der Waals surface area (Å²) in [7, 11) is 0. The lowest BCUT2D eigenvalue weighted by Gasteiger charge is -2.08. The minimum atomic E-state index is -0.122. The lowest BCUT2D eigenvalue weighted by Crippen LogP contribution is -2.18. The normalized spacial score (nSPS) is 10.2. The number of hydrogen-bond acceptors (Lipinski definition) is 3. The van der Waals surface area contributed by atoms with Gasteiger partial charge in [0.25, 0.3) is 0 Å². The number of carbonyl (C=O) groups excluding carboxylic acids is 1. The maximum atomic E-state index is 11.9. The highest BCUT2D eigenvalue weighted by Crippen LogP contribution is 2.13. The fourth-order valence-corrected chi connectivity index (χ4v) is 2.22. The van der Waals surface area contributed by atoms with Crippen molar-refractivity contribution in [1.82, 2.24) is 0 Å². The van der Waals surface area contributed by atoms with Gasteiger partial charge in [0.1, 0.15) is 6.61 Å². The first-order valence-electron chi connectivity index (χ1n) is 9.27. The van der Waals surface area contributed by atoms with Crippen LogP contribution in [0.2, 0.25) is 0 Å². The SMILES string of the molecule is CC(C)N.CCCCc1cccc(NC(=O)COCc2ccccc2)c1. The number of amides is 1. The quantitative estimate of drug-likeness (QED) is 0.730. The van der Waals surface area contributed by atoms with E-state index in [1.807, 2.05) is 62.4 Å². The van der Waals surface area contributed by atoms with E-state index in [1.165, 1.54) is 12.0 Å². The largest absolute Gasteiger partial charge is 0.367 e. The Labute approximate surface area is 157 Å². The van der Waals surface area contributed by atoms with Gasteiger partial charge in [-0.2, -0.15) is 0 Å². The van der Waals surface area contributed by atoms with Gasteiger partial charge in [-0.3, -0.25) is 4.79 Å². The molecule has 0 saturated carbocycles. The molecule has 0 heterocycles. The van der Waals surface area contributed by atoms with Crippen LogP contribution in [0.5, 0.6) is 0 Å². The smallest absolute Gasteiger partial charge is 0.250 e. The van der Waals surface area contributed by atoms with Crippen molar-refractivity contribution in [2.75, 3.05) is 11.9 Å². The molecule has 4 nitrogen and oxygen atoms in total. The Hall–Kier alpha value is -2.17. The molecule has 0 radical (unpaired) electrons. The van der Waals surface area contributed by atoms with Crippen molar-refractivity contribution in [2.24, 2.45) is 5.73 Å². The van der Waals surface area contributed by atoms with Crippen LogP contribution in [-0.4, -0.2) is 18.6 Å². The second kappa shape index (κ2) is 13.1. The van der Waals surface area contributed by atoms with Crippen LogP contribution >= 0.6 is 0 Å². The van der Waals surface area contributed by atoms with Gasteiger partial charge in [-0.25, -0.2) is 0 Å². The molecule has 0 spiro atoms. The standard InChI is InChI=1S/C19H23NO2.C3H9N/c1-2-3-8-16-11-7-12-18(13-16)20-19(21)15-22-14-17-9-5-4-6-10-17;1-3(2)4/h4-7,9-13H,2-3,8,14-15H2,1H3,(H,20,21);3H,4H2,1-2H3. The maximum absolute atomic E-state index is 11.9. The van der Waals surface area contributed by atoms with Crippen molar-refractivity contribution in [3.63, 3.8) is 0 Å². The Kier molecular flexibility index (Phi) is 11.0. The minimum absolute atomic E-state index is 0.0636. The van der Waals surface area contributed by atoms with Crippen molar-refractivity contribution in [3.05, 3.63) is 65.7 Å². The number of unbranched alkanes of at least 4 members (excludes halogenated alkanes) is 1. The predicted octanol–water partition coefficient (Wildman–Crippen LogP) is 4.54. The Bertz CT molecular complexity index is 624. The predicted molar refractivity (Wildman–Crippen MR) is 109 cm³/mol. The van der Waals surface area contributed by atoms with Gasteiger partial charge in [-0.1, -0.05) is 69.7 Å². The van der Waals surface area contributed by atoms with E-state index in [4.69, 9.17) is 10.5 Å². The summed E-state index contributed by atoms with van der Waals surface area (Å²) in [6.07, 6.45) is 3.38. The van der Waals surface area contributed by atoms with Gasteiger partial charge in [0.2, 0.25) is 5.91 Å². The average Bonchev–Trinajstić information content (AvgIpc) is 2.61. The number of ether oxygens (including phenoxy) is 1. The van der Waals surface area contributed by atoms with Crippen molar-refractivity contribution in [1.29, 1.82) is 0 Å². The summed E-state index contributed by atoms with van der Waals surface area (Å²) in [5.74, 6) is -0.122. The second-order valence-corrected chi connectivity index (χ2v) is 6.57. The first-order valence-corrected chi connectivity index (χ1v) is 9.27. The first-order chi connectivity index (χ1) is 12.5. The van der Waals surface area contributed by atoms with Crippen molar-refractivity contribution in [2.45, 2.75) is 52.7 Å². The molecule has 0 aliphatic rings. The molecule has 142 valence electrons. The Balaban J connectivity index is 0.000000765. The van der Waals surface area contributed by atoms with Crippen LogP contribution in [0.1, 0.15) is 44.7 Å². The number of nitrogens with one attached hydrogen (secondary N) is 1. The monoisotopic (exact) mass is 356 g/mol. The highest BCUT2D eigenvalue weighted by molar-refractivity contribution is 5.91. The van der Waals surface area contributed by atoms with Crippen LogP contribution < -0.4 is 11.1 Å². The molecule has 0 aliphatic heterocycles. The van der Waals surface area contributed by atoms with Crippen LogP contribution in [0.4, 0.5) is 5.69 Å². The fourth-order valence-electron chi connectivity index (χ4n) is 2.22. The minimum Gasteiger partial charge on any atom is -0.367 e. The number of carbonyl (C=O) groups is 1. The summed E-state index contributed by atoms with van der Waals surface area (Å²) in [5.41, 5.74) is 8.27. The van der Waals surface area contributed by atoms with Gasteiger partial charge in [0, 0.05) is 5.69 Å². The van der Waals surface area contributed by atoms with E-state index in [9.17, 15) is 4.79 Å². The van der Waals surface area contributed by atoms with E-state index < -0.39 is 0 Å². The van der Waals surface area contributed by atoms with Gasteiger partial charge in [0.05, 0.1) is 6.61 Å². The molecule has 26 heavy (non-hydrogen) atoms. The zero-order valence-electron chi connectivity index (χ0n) is 16.2. The molecule has 0 fully saturated rings. The van der Waals surface area contributed by atoms with E-state index >= 15 is 0 Å². The van der Waals surface area contributed by atoms with Crippen LogP contribution in [0.25, 0.3) is 0 Å². The van der Waals surface area contributed by atoms with Crippen molar-refractivity contribution >= 4 is 11.6 Å². The summed E-state index contributed by atoms with van der Waals surface area (Å²) in [5, 5.41) is 2.88. The molecule has 3 N–H and O–H groups in total. The molecular weight excluding hydrogens is 324 g/mol. The zero-order valence-corrected chi connectivity index (χ0v) is 16.2. The molecule has 0 saturated heterocycles. The van der Waals surface area contributed by atoms with E-state index in [1.54, 1.807) is 0 Å². The third-order valence-electron chi connectivity index (χ3n) is 3.37. The van der Waals surface area contributed by atoms with E-state index in [0.717, 1.165) is 24.1 Å². The molecule has 0 aliphatic carbocycles. The Morgan fingerprint density at radius 1 is 1.08 bits per heavy atom. The summed E-state index contributed by atoms with van der Waals surface area (Å²) in [6, 6.07) is 18.2. The fraction of sp³-hybridized carbons (Fsp3) is 0.409. The number of benzene rings is 2. The molecule has 4 heteroatoms. The molecule has 0 aromatic heterocycles. The topological polar surface area (TPSA) is 64.3 Å². The summed E-state index contributed by atoms with van der Waals surface area (Å²) in [4.78, 5) is 11.9. The molecule has 0 bridgehead atoms. The number of aryl methyl sites for hydroxylation is 1. The Morgan fingerprint density at radius 3 is 2.38 bits per heavy atom. The lowest BCUT2D eigenvalue weighted by molar-refractivity contribution is -0.121. The van der Waals surface area contributed by atoms with E-state index in [-0.39, 0.29) is 12.5 Å². The molecular formula is C22H32N2O2. The molecule has 0 atom stereocenters.